The average molecular weight is 178 g/mol. The number of allylic oxidation sites excluding steroid dienone is 2. The number of hydrogen-bond acceptors (Lipinski definition) is 1. The van der Waals surface area contributed by atoms with Gasteiger partial charge in [0.1, 0.15) is 6.29 Å². The molecule has 1 fully saturated rings. The van der Waals surface area contributed by atoms with E-state index in [4.69, 9.17) is 0 Å². The molecule has 3 aliphatic rings. The second-order valence-corrected chi connectivity index (χ2v) is 4.90. The molecule has 0 amide bonds. The molecule has 3 unspecified atom stereocenters. The first-order chi connectivity index (χ1) is 6.19. The number of fused-ring (bicyclic) bond motifs is 2. The lowest BCUT2D eigenvalue weighted by molar-refractivity contribution is -0.117. The molecule has 3 atom stereocenters. The first-order valence-electron chi connectivity index (χ1n) is 5.33. The van der Waals surface area contributed by atoms with Crippen molar-refractivity contribution in [3.05, 3.63) is 12.2 Å². The van der Waals surface area contributed by atoms with Gasteiger partial charge in [-0.1, -0.05) is 26.0 Å². The van der Waals surface area contributed by atoms with Crippen molar-refractivity contribution in [3.63, 3.8) is 0 Å². The van der Waals surface area contributed by atoms with Crippen LogP contribution in [0.4, 0.5) is 0 Å². The summed E-state index contributed by atoms with van der Waals surface area (Å²) >= 11 is 0. The fourth-order valence-corrected chi connectivity index (χ4v) is 3.07. The maximum atomic E-state index is 11.0. The zero-order valence-electron chi connectivity index (χ0n) is 8.49. The second kappa shape index (κ2) is 2.97. The predicted molar refractivity (Wildman–Crippen MR) is 53.3 cm³/mol. The zero-order valence-corrected chi connectivity index (χ0v) is 8.49. The molecule has 0 aromatic carbocycles. The van der Waals surface area contributed by atoms with Crippen LogP contribution >= 0.6 is 0 Å². The third-order valence-corrected chi connectivity index (χ3v) is 4.11. The van der Waals surface area contributed by atoms with E-state index >= 15 is 0 Å². The molecule has 0 aromatic rings. The molecule has 0 spiro atoms. The van der Waals surface area contributed by atoms with Crippen LogP contribution in [-0.4, -0.2) is 6.29 Å². The molecule has 13 heavy (non-hydrogen) atoms. The summed E-state index contributed by atoms with van der Waals surface area (Å²) in [6.45, 7) is 4.49. The van der Waals surface area contributed by atoms with Crippen LogP contribution in [0.1, 0.15) is 33.1 Å². The zero-order chi connectivity index (χ0) is 9.47. The molecule has 1 saturated carbocycles. The molecular formula is C12H18O. The Morgan fingerprint density at radius 1 is 1.54 bits per heavy atom. The summed E-state index contributed by atoms with van der Waals surface area (Å²) in [4.78, 5) is 11.0. The van der Waals surface area contributed by atoms with Gasteiger partial charge in [-0.25, -0.2) is 0 Å². The predicted octanol–water partition coefficient (Wildman–Crippen LogP) is 2.81. The number of hydrogen-bond donors (Lipinski definition) is 0. The van der Waals surface area contributed by atoms with E-state index in [0.717, 1.165) is 6.42 Å². The van der Waals surface area contributed by atoms with Crippen molar-refractivity contribution in [1.29, 1.82) is 0 Å². The van der Waals surface area contributed by atoms with E-state index in [1.807, 2.05) is 0 Å². The summed E-state index contributed by atoms with van der Waals surface area (Å²) in [5.41, 5.74) is 0.205. The van der Waals surface area contributed by atoms with Crippen molar-refractivity contribution >= 4 is 6.29 Å². The summed E-state index contributed by atoms with van der Waals surface area (Å²) in [6.07, 6.45) is 9.46. The molecule has 0 radical (unpaired) electrons. The van der Waals surface area contributed by atoms with Gasteiger partial charge in [-0.2, -0.15) is 0 Å². The van der Waals surface area contributed by atoms with Gasteiger partial charge in [0.05, 0.1) is 0 Å². The minimum absolute atomic E-state index is 0.205. The van der Waals surface area contributed by atoms with Crippen molar-refractivity contribution < 1.29 is 4.79 Å². The topological polar surface area (TPSA) is 17.1 Å². The summed E-state index contributed by atoms with van der Waals surface area (Å²) in [5, 5.41) is 0. The summed E-state index contributed by atoms with van der Waals surface area (Å²) in [7, 11) is 0. The minimum Gasteiger partial charge on any atom is -0.303 e. The third-order valence-electron chi connectivity index (χ3n) is 4.11. The Labute approximate surface area is 80.2 Å². The van der Waals surface area contributed by atoms with Gasteiger partial charge >= 0.3 is 0 Å². The molecule has 0 heterocycles. The summed E-state index contributed by atoms with van der Waals surface area (Å²) < 4.78 is 0. The van der Waals surface area contributed by atoms with Gasteiger partial charge in [0.2, 0.25) is 0 Å². The van der Waals surface area contributed by atoms with Crippen molar-refractivity contribution in [2.24, 2.45) is 23.2 Å². The fraction of sp³-hybridized carbons (Fsp3) is 0.750. The highest BCUT2D eigenvalue weighted by atomic mass is 16.1. The van der Waals surface area contributed by atoms with Crippen LogP contribution in [-0.2, 0) is 4.79 Å². The molecule has 72 valence electrons. The van der Waals surface area contributed by atoms with E-state index in [-0.39, 0.29) is 11.3 Å². The fourth-order valence-electron chi connectivity index (χ4n) is 3.07. The van der Waals surface area contributed by atoms with E-state index in [0.29, 0.717) is 11.8 Å². The lowest BCUT2D eigenvalue weighted by Crippen LogP contribution is -2.42. The number of carbonyl (C=O) groups excluding carboxylic acids is 1. The van der Waals surface area contributed by atoms with Gasteiger partial charge in [-0.05, 0) is 36.5 Å². The van der Waals surface area contributed by atoms with Crippen LogP contribution in [0.3, 0.4) is 0 Å². The Hall–Kier alpha value is -0.590. The highest BCUT2D eigenvalue weighted by Gasteiger charge is 2.46. The number of carbonyl (C=O) groups is 1. The molecule has 1 nitrogen and oxygen atoms in total. The van der Waals surface area contributed by atoms with E-state index in [1.165, 1.54) is 19.1 Å². The molecule has 0 N–H and O–H groups in total. The van der Waals surface area contributed by atoms with Gasteiger partial charge in [-0.15, -0.1) is 0 Å². The van der Waals surface area contributed by atoms with Crippen molar-refractivity contribution in [1.82, 2.24) is 0 Å². The largest absolute Gasteiger partial charge is 0.303 e. The number of rotatable bonds is 2. The van der Waals surface area contributed by atoms with E-state index < -0.39 is 0 Å². The van der Waals surface area contributed by atoms with E-state index in [9.17, 15) is 4.79 Å². The van der Waals surface area contributed by atoms with Crippen LogP contribution in [0.25, 0.3) is 0 Å². The van der Waals surface area contributed by atoms with Crippen LogP contribution in [0.5, 0.6) is 0 Å². The van der Waals surface area contributed by atoms with Crippen LogP contribution < -0.4 is 0 Å². The van der Waals surface area contributed by atoms with Gasteiger partial charge < -0.3 is 4.79 Å². The highest BCUT2D eigenvalue weighted by Crippen LogP contribution is 2.52. The third kappa shape index (κ3) is 1.17. The Balaban J connectivity index is 2.35. The van der Waals surface area contributed by atoms with Crippen molar-refractivity contribution in [2.75, 3.05) is 0 Å². The minimum atomic E-state index is 0.205. The quantitative estimate of drug-likeness (QED) is 0.469. The van der Waals surface area contributed by atoms with Gasteiger partial charge in [0.15, 0.2) is 0 Å². The SMILES string of the molecule is CC(C)C12C=CC(CC1)CC2C=O. The summed E-state index contributed by atoms with van der Waals surface area (Å²) in [5.74, 6) is 1.58. The maximum absolute atomic E-state index is 11.0. The molecule has 3 rings (SSSR count). The Morgan fingerprint density at radius 2 is 2.31 bits per heavy atom. The normalized spacial score (nSPS) is 42.7. The summed E-state index contributed by atoms with van der Waals surface area (Å²) in [6, 6.07) is 0. The van der Waals surface area contributed by atoms with Gasteiger partial charge in [0, 0.05) is 5.92 Å². The smallest absolute Gasteiger partial charge is 0.123 e. The average Bonchev–Trinajstić information content (AvgIpc) is 2.19. The van der Waals surface area contributed by atoms with E-state index in [1.54, 1.807) is 0 Å². The number of aldehydes is 1. The van der Waals surface area contributed by atoms with Crippen molar-refractivity contribution in [3.8, 4) is 0 Å². The monoisotopic (exact) mass is 178 g/mol. The molecule has 0 aliphatic heterocycles. The Morgan fingerprint density at radius 3 is 2.69 bits per heavy atom. The molecule has 2 bridgehead atoms. The van der Waals surface area contributed by atoms with E-state index in [2.05, 4.69) is 26.0 Å². The maximum Gasteiger partial charge on any atom is 0.123 e. The molecule has 3 aliphatic carbocycles. The first-order valence-corrected chi connectivity index (χ1v) is 5.33. The first kappa shape index (κ1) is 8.98. The Kier molecular flexibility index (Phi) is 2.05. The lowest BCUT2D eigenvalue weighted by Gasteiger charge is -2.49. The molecule has 1 heteroatoms. The van der Waals surface area contributed by atoms with Gasteiger partial charge in [-0.3, -0.25) is 0 Å². The molecule has 0 saturated heterocycles. The van der Waals surface area contributed by atoms with Gasteiger partial charge in [0.25, 0.3) is 0 Å². The van der Waals surface area contributed by atoms with Crippen LogP contribution in [0, 0.1) is 23.2 Å². The molecule has 0 aromatic heterocycles. The Bertz CT molecular complexity index is 242. The second-order valence-electron chi connectivity index (χ2n) is 4.90. The standard InChI is InChI=1S/C12H18O/c1-9(2)12-5-3-10(4-6-12)7-11(12)8-13/h3,5,8-11H,4,6-7H2,1-2H3. The highest BCUT2D eigenvalue weighted by molar-refractivity contribution is 5.57. The van der Waals surface area contributed by atoms with Crippen LogP contribution in [0.2, 0.25) is 0 Å². The van der Waals surface area contributed by atoms with Crippen molar-refractivity contribution in [2.45, 2.75) is 33.1 Å². The molecular weight excluding hydrogens is 160 g/mol. The lowest BCUT2D eigenvalue weighted by atomic mass is 9.55. The van der Waals surface area contributed by atoms with Crippen LogP contribution in [0.15, 0.2) is 12.2 Å².